The highest BCUT2D eigenvalue weighted by Gasteiger charge is 2.29. The van der Waals surface area contributed by atoms with Crippen molar-refractivity contribution >= 4 is 12.1 Å². The number of alkyl halides is 3. The number of hydrogen-bond donors (Lipinski definition) is 1. The minimum absolute atomic E-state index is 0.152. The summed E-state index contributed by atoms with van der Waals surface area (Å²) in [6.07, 6.45) is -1.75. The van der Waals surface area contributed by atoms with E-state index in [-0.39, 0.29) is 12.3 Å². The summed E-state index contributed by atoms with van der Waals surface area (Å²) >= 11 is 0. The largest absolute Gasteiger partial charge is 0.416 e. The first-order valence-corrected chi connectivity index (χ1v) is 7.47. The molecule has 1 aromatic rings. The number of aryl methyl sites for hydroxylation is 1. The van der Waals surface area contributed by atoms with E-state index in [0.717, 1.165) is 17.7 Å². The number of nitrogens with zero attached hydrogens (tertiary/aromatic N) is 1. The number of rotatable bonds is 8. The second kappa shape index (κ2) is 9.10. The smallest absolute Gasteiger partial charge is 0.399 e. The third kappa shape index (κ3) is 6.44. The normalized spacial score (nSPS) is 12.9. The first-order valence-electron chi connectivity index (χ1n) is 7.47. The van der Waals surface area contributed by atoms with Crippen molar-refractivity contribution in [2.24, 2.45) is 5.16 Å². The first kappa shape index (κ1) is 19.7. The minimum Gasteiger partial charge on any atom is -0.399 e. The van der Waals surface area contributed by atoms with Crippen molar-refractivity contribution in [1.29, 1.82) is 0 Å². The molecule has 7 heteroatoms. The maximum Gasteiger partial charge on any atom is 0.416 e. The Morgan fingerprint density at radius 3 is 2.50 bits per heavy atom. The molecule has 0 heterocycles. The number of amides is 1. The number of nitrogens with one attached hydrogen (secondary N) is 1. The molecule has 0 spiro atoms. The number of hydrogen-bond acceptors (Lipinski definition) is 3. The standard InChI is InChI=1S/C17H21F3N2O2/c1-4-12(2)15(11-21-24-3)22-16(23)10-7-13-5-8-14(9-6-13)17(18,19)20/h5-6,8-9,11,15H,2,4,7,10H2,1,3H3,(H,22,23). The van der Waals surface area contributed by atoms with E-state index in [9.17, 15) is 18.0 Å². The van der Waals surface area contributed by atoms with E-state index in [0.29, 0.717) is 18.4 Å². The average Bonchev–Trinajstić information content (AvgIpc) is 2.55. The van der Waals surface area contributed by atoms with Crippen LogP contribution in [0.4, 0.5) is 13.2 Å². The maximum atomic E-state index is 12.5. The molecule has 1 rings (SSSR count). The monoisotopic (exact) mass is 342 g/mol. The quantitative estimate of drug-likeness (QED) is 0.445. The zero-order valence-electron chi connectivity index (χ0n) is 13.7. The van der Waals surface area contributed by atoms with Crippen LogP contribution in [-0.2, 0) is 22.2 Å². The minimum atomic E-state index is -4.36. The van der Waals surface area contributed by atoms with Crippen LogP contribution >= 0.6 is 0 Å². The lowest BCUT2D eigenvalue weighted by Gasteiger charge is -2.16. The zero-order chi connectivity index (χ0) is 18.2. The lowest BCUT2D eigenvalue weighted by atomic mass is 10.1. The molecule has 24 heavy (non-hydrogen) atoms. The van der Waals surface area contributed by atoms with Crippen LogP contribution in [0.5, 0.6) is 0 Å². The van der Waals surface area contributed by atoms with E-state index < -0.39 is 17.8 Å². The van der Waals surface area contributed by atoms with Gasteiger partial charge in [0.05, 0.1) is 17.8 Å². The zero-order valence-corrected chi connectivity index (χ0v) is 13.7. The van der Waals surface area contributed by atoms with Crippen LogP contribution in [0.15, 0.2) is 41.6 Å². The van der Waals surface area contributed by atoms with Crippen molar-refractivity contribution in [2.45, 2.75) is 38.4 Å². The Balaban J connectivity index is 2.58. The third-order valence-corrected chi connectivity index (χ3v) is 3.45. The molecule has 0 fully saturated rings. The van der Waals surface area contributed by atoms with Gasteiger partial charge in [-0.3, -0.25) is 4.79 Å². The first-order chi connectivity index (χ1) is 11.3. The SMILES string of the molecule is C=C(CC)C(C=NOC)NC(=O)CCc1ccc(C(F)(F)F)cc1. The third-order valence-electron chi connectivity index (χ3n) is 3.45. The van der Waals surface area contributed by atoms with Gasteiger partial charge in [-0.15, -0.1) is 0 Å². The summed E-state index contributed by atoms with van der Waals surface area (Å²) in [7, 11) is 1.40. The molecular weight excluding hydrogens is 321 g/mol. The molecule has 132 valence electrons. The molecule has 0 aliphatic rings. The highest BCUT2D eigenvalue weighted by molar-refractivity contribution is 5.82. The fourth-order valence-electron chi connectivity index (χ4n) is 1.95. The highest BCUT2D eigenvalue weighted by Crippen LogP contribution is 2.29. The van der Waals surface area contributed by atoms with Crippen molar-refractivity contribution in [2.75, 3.05) is 7.11 Å². The summed E-state index contributed by atoms with van der Waals surface area (Å²) in [6.45, 7) is 5.77. The Bertz CT molecular complexity index is 580. The molecule has 0 radical (unpaired) electrons. The molecule has 1 unspecified atom stereocenters. The second-order valence-electron chi connectivity index (χ2n) is 5.19. The highest BCUT2D eigenvalue weighted by atomic mass is 19.4. The van der Waals surface area contributed by atoms with Gasteiger partial charge in [0.25, 0.3) is 0 Å². The Morgan fingerprint density at radius 1 is 1.38 bits per heavy atom. The maximum absolute atomic E-state index is 12.5. The number of oxime groups is 1. The molecule has 0 aliphatic heterocycles. The van der Waals surface area contributed by atoms with Crippen LogP contribution in [0.3, 0.4) is 0 Å². The summed E-state index contributed by atoms with van der Waals surface area (Å²) in [5.41, 5.74) is 0.735. The van der Waals surface area contributed by atoms with Gasteiger partial charge < -0.3 is 10.2 Å². The van der Waals surface area contributed by atoms with Crippen LogP contribution in [-0.4, -0.2) is 25.3 Å². The van der Waals surface area contributed by atoms with Crippen molar-refractivity contribution in [3.05, 3.63) is 47.5 Å². The van der Waals surface area contributed by atoms with Gasteiger partial charge in [-0.1, -0.05) is 30.8 Å². The summed E-state index contributed by atoms with van der Waals surface area (Å²) < 4.78 is 37.5. The molecule has 0 bridgehead atoms. The molecule has 4 nitrogen and oxygen atoms in total. The van der Waals surface area contributed by atoms with Crippen LogP contribution in [0.1, 0.15) is 30.9 Å². The van der Waals surface area contributed by atoms with Gasteiger partial charge in [0.15, 0.2) is 0 Å². The Kier molecular flexibility index (Phi) is 7.48. The second-order valence-corrected chi connectivity index (χ2v) is 5.19. The Morgan fingerprint density at radius 2 is 2.00 bits per heavy atom. The van der Waals surface area contributed by atoms with Crippen LogP contribution in [0, 0.1) is 0 Å². The Labute approximate surface area is 139 Å². The van der Waals surface area contributed by atoms with Gasteiger partial charge in [-0.25, -0.2) is 0 Å². The van der Waals surface area contributed by atoms with Gasteiger partial charge in [0.1, 0.15) is 7.11 Å². The van der Waals surface area contributed by atoms with Gasteiger partial charge in [-0.05, 0) is 36.1 Å². The lowest BCUT2D eigenvalue weighted by Crippen LogP contribution is -2.37. The fourth-order valence-corrected chi connectivity index (χ4v) is 1.95. The number of carbonyl (C=O) groups is 1. The van der Waals surface area contributed by atoms with E-state index in [1.807, 2.05) is 6.92 Å². The van der Waals surface area contributed by atoms with Gasteiger partial charge in [0, 0.05) is 6.42 Å². The number of carbonyl (C=O) groups excluding carboxylic acids is 1. The molecule has 0 saturated heterocycles. The van der Waals surface area contributed by atoms with Crippen LogP contribution < -0.4 is 5.32 Å². The van der Waals surface area contributed by atoms with Crippen LogP contribution in [0.2, 0.25) is 0 Å². The summed E-state index contributed by atoms with van der Waals surface area (Å²) in [4.78, 5) is 16.6. The van der Waals surface area contributed by atoms with Crippen molar-refractivity contribution in [3.63, 3.8) is 0 Å². The summed E-state index contributed by atoms with van der Waals surface area (Å²) in [6, 6.07) is 4.35. The molecule has 0 saturated carbocycles. The van der Waals surface area contributed by atoms with E-state index in [1.54, 1.807) is 0 Å². The van der Waals surface area contributed by atoms with Crippen molar-refractivity contribution in [1.82, 2.24) is 5.32 Å². The summed E-state index contributed by atoms with van der Waals surface area (Å²) in [5.74, 6) is -0.239. The summed E-state index contributed by atoms with van der Waals surface area (Å²) in [5, 5.41) is 6.40. The Hall–Kier alpha value is -2.31. The molecule has 0 aromatic heterocycles. The molecular formula is C17H21F3N2O2. The van der Waals surface area contributed by atoms with E-state index in [2.05, 4.69) is 21.9 Å². The average molecular weight is 342 g/mol. The van der Waals surface area contributed by atoms with E-state index >= 15 is 0 Å². The van der Waals surface area contributed by atoms with Gasteiger partial charge in [0.2, 0.25) is 5.91 Å². The molecule has 0 aliphatic carbocycles. The van der Waals surface area contributed by atoms with Gasteiger partial charge >= 0.3 is 6.18 Å². The van der Waals surface area contributed by atoms with Gasteiger partial charge in [-0.2, -0.15) is 13.2 Å². The van der Waals surface area contributed by atoms with E-state index in [1.165, 1.54) is 25.5 Å². The van der Waals surface area contributed by atoms with Crippen LogP contribution in [0.25, 0.3) is 0 Å². The molecule has 1 amide bonds. The van der Waals surface area contributed by atoms with E-state index in [4.69, 9.17) is 0 Å². The predicted molar refractivity (Wildman–Crippen MR) is 86.6 cm³/mol. The van der Waals surface area contributed by atoms with Crippen molar-refractivity contribution in [3.8, 4) is 0 Å². The molecule has 1 aromatic carbocycles. The lowest BCUT2D eigenvalue weighted by molar-refractivity contribution is -0.137. The fraction of sp³-hybridized carbons (Fsp3) is 0.412. The topological polar surface area (TPSA) is 50.7 Å². The number of halogens is 3. The van der Waals surface area contributed by atoms with Crippen molar-refractivity contribution < 1.29 is 22.8 Å². The molecule has 1 N–H and O–H groups in total. The predicted octanol–water partition coefficient (Wildman–Crippen LogP) is 3.72. The number of benzene rings is 1. The molecule has 1 atom stereocenters.